The van der Waals surface area contributed by atoms with Crippen molar-refractivity contribution in [3.8, 4) is 5.82 Å². The van der Waals surface area contributed by atoms with Gasteiger partial charge in [0.25, 0.3) is 0 Å². The molecule has 3 aromatic heterocycles. The highest BCUT2D eigenvalue weighted by molar-refractivity contribution is 7.15. The Hall–Kier alpha value is -2.18. The second-order valence-corrected chi connectivity index (χ2v) is 5.45. The van der Waals surface area contributed by atoms with Crippen LogP contribution in [-0.4, -0.2) is 25.5 Å². The van der Waals surface area contributed by atoms with Crippen LogP contribution in [0.1, 0.15) is 5.69 Å². The number of aromatic nitrogens is 4. The van der Waals surface area contributed by atoms with Gasteiger partial charge in [0.15, 0.2) is 10.8 Å². The van der Waals surface area contributed by atoms with Gasteiger partial charge in [-0.25, -0.2) is 9.97 Å². The third kappa shape index (κ3) is 1.59. The molecule has 4 aromatic rings. The Morgan fingerprint density at radius 3 is 3.05 bits per heavy atom. The quantitative estimate of drug-likeness (QED) is 0.627. The maximum Gasteiger partial charge on any atom is 0.195 e. The molecule has 0 bridgehead atoms. The Morgan fingerprint density at radius 1 is 1.25 bits per heavy atom. The summed E-state index contributed by atoms with van der Waals surface area (Å²) in [5, 5.41) is 2.04. The molecule has 0 aliphatic heterocycles. The van der Waals surface area contributed by atoms with E-state index in [4.69, 9.17) is 10.7 Å². The molecule has 0 saturated heterocycles. The number of nitrogens with two attached hydrogens (primary N) is 1. The van der Waals surface area contributed by atoms with Crippen molar-refractivity contribution in [2.75, 3.05) is 6.54 Å². The van der Waals surface area contributed by atoms with Gasteiger partial charge >= 0.3 is 0 Å². The SMILES string of the molecule is NCCc1c(-n2cnc3ccccc32)nc2sccn12. The van der Waals surface area contributed by atoms with E-state index in [1.165, 1.54) is 0 Å². The number of rotatable bonds is 3. The Bertz CT molecular complexity index is 885. The second-order valence-electron chi connectivity index (χ2n) is 4.58. The number of fused-ring (bicyclic) bond motifs is 2. The first-order valence-corrected chi connectivity index (χ1v) is 7.33. The second kappa shape index (κ2) is 4.43. The molecule has 0 aliphatic carbocycles. The number of benzene rings is 1. The Morgan fingerprint density at radius 2 is 2.15 bits per heavy atom. The van der Waals surface area contributed by atoms with Crippen molar-refractivity contribution in [1.82, 2.24) is 18.9 Å². The molecule has 5 nitrogen and oxygen atoms in total. The molecule has 4 rings (SSSR count). The lowest BCUT2D eigenvalue weighted by atomic mass is 10.3. The number of imidazole rings is 2. The van der Waals surface area contributed by atoms with Crippen LogP contribution in [-0.2, 0) is 6.42 Å². The van der Waals surface area contributed by atoms with Crippen LogP contribution < -0.4 is 5.73 Å². The zero-order valence-electron chi connectivity index (χ0n) is 10.7. The molecule has 0 fully saturated rings. The van der Waals surface area contributed by atoms with Gasteiger partial charge < -0.3 is 5.73 Å². The lowest BCUT2D eigenvalue weighted by Crippen LogP contribution is -2.08. The monoisotopic (exact) mass is 283 g/mol. The van der Waals surface area contributed by atoms with E-state index in [-0.39, 0.29) is 0 Å². The average Bonchev–Trinajstić information content (AvgIpc) is 3.14. The van der Waals surface area contributed by atoms with Gasteiger partial charge in [0, 0.05) is 18.0 Å². The number of hydrogen-bond acceptors (Lipinski definition) is 4. The average molecular weight is 283 g/mol. The molecular formula is C14H13N5S. The number of thiazole rings is 1. The zero-order valence-corrected chi connectivity index (χ0v) is 11.5. The fourth-order valence-corrected chi connectivity index (χ4v) is 3.24. The highest BCUT2D eigenvalue weighted by atomic mass is 32.1. The van der Waals surface area contributed by atoms with E-state index in [9.17, 15) is 0 Å². The smallest absolute Gasteiger partial charge is 0.195 e. The van der Waals surface area contributed by atoms with E-state index in [2.05, 4.69) is 15.5 Å². The van der Waals surface area contributed by atoms with Gasteiger partial charge in [0.1, 0.15) is 6.33 Å². The topological polar surface area (TPSA) is 61.1 Å². The molecule has 0 atom stereocenters. The molecule has 3 heterocycles. The van der Waals surface area contributed by atoms with E-state index >= 15 is 0 Å². The van der Waals surface area contributed by atoms with Crippen molar-refractivity contribution >= 4 is 27.3 Å². The van der Waals surface area contributed by atoms with E-state index in [0.29, 0.717) is 6.54 Å². The van der Waals surface area contributed by atoms with Crippen LogP contribution in [0.2, 0.25) is 0 Å². The van der Waals surface area contributed by atoms with Gasteiger partial charge in [-0.3, -0.25) is 8.97 Å². The predicted molar refractivity (Wildman–Crippen MR) is 80.5 cm³/mol. The molecule has 2 N–H and O–H groups in total. The summed E-state index contributed by atoms with van der Waals surface area (Å²) in [6.07, 6.45) is 4.66. The number of para-hydroxylation sites is 2. The molecule has 0 amide bonds. The lowest BCUT2D eigenvalue weighted by molar-refractivity contribution is 0.885. The standard InChI is InChI=1S/C14H13N5S/c15-6-5-12-13(17-14-18(12)7-8-20-14)19-9-16-10-3-1-2-4-11(10)19/h1-4,7-9H,5-6,15H2. The van der Waals surface area contributed by atoms with E-state index in [0.717, 1.165) is 33.9 Å². The molecule has 1 aromatic carbocycles. The van der Waals surface area contributed by atoms with Crippen molar-refractivity contribution in [2.24, 2.45) is 5.73 Å². The minimum absolute atomic E-state index is 0.600. The third-order valence-corrected chi connectivity index (χ3v) is 4.16. The normalized spacial score (nSPS) is 11.7. The molecule has 0 radical (unpaired) electrons. The van der Waals surface area contributed by atoms with Crippen molar-refractivity contribution in [3.63, 3.8) is 0 Å². The van der Waals surface area contributed by atoms with Gasteiger partial charge in [-0.05, 0) is 18.7 Å². The van der Waals surface area contributed by atoms with Crippen LogP contribution in [0.3, 0.4) is 0 Å². The molecule has 0 unspecified atom stereocenters. The van der Waals surface area contributed by atoms with E-state index in [1.54, 1.807) is 11.3 Å². The fraction of sp³-hybridized carbons (Fsp3) is 0.143. The summed E-state index contributed by atoms with van der Waals surface area (Å²) in [4.78, 5) is 10.2. The Labute approximate surface area is 119 Å². The van der Waals surface area contributed by atoms with Crippen molar-refractivity contribution < 1.29 is 0 Å². The largest absolute Gasteiger partial charge is 0.330 e. The third-order valence-electron chi connectivity index (χ3n) is 3.40. The van der Waals surface area contributed by atoms with Crippen LogP contribution in [0.25, 0.3) is 21.8 Å². The maximum absolute atomic E-state index is 5.75. The molecule has 20 heavy (non-hydrogen) atoms. The van der Waals surface area contributed by atoms with Gasteiger partial charge in [-0.1, -0.05) is 12.1 Å². The van der Waals surface area contributed by atoms with E-state index in [1.807, 2.05) is 40.7 Å². The Kier molecular flexibility index (Phi) is 2.58. The first-order valence-electron chi connectivity index (χ1n) is 6.45. The van der Waals surface area contributed by atoms with Crippen LogP contribution in [0.5, 0.6) is 0 Å². The number of hydrogen-bond donors (Lipinski definition) is 1. The lowest BCUT2D eigenvalue weighted by Gasteiger charge is -2.04. The van der Waals surface area contributed by atoms with Gasteiger partial charge in [0.2, 0.25) is 0 Å². The Balaban J connectivity index is 2.01. The van der Waals surface area contributed by atoms with E-state index < -0.39 is 0 Å². The van der Waals surface area contributed by atoms with Crippen molar-refractivity contribution in [2.45, 2.75) is 6.42 Å². The molecule has 6 heteroatoms. The first-order chi connectivity index (χ1) is 9.88. The predicted octanol–water partition coefficient (Wildman–Crippen LogP) is 2.24. The fourth-order valence-electron chi connectivity index (χ4n) is 2.51. The summed E-state index contributed by atoms with van der Waals surface area (Å²) < 4.78 is 4.15. The summed E-state index contributed by atoms with van der Waals surface area (Å²) in [6.45, 7) is 0.600. The summed E-state index contributed by atoms with van der Waals surface area (Å²) in [7, 11) is 0. The summed E-state index contributed by atoms with van der Waals surface area (Å²) in [6, 6.07) is 8.07. The van der Waals surface area contributed by atoms with Gasteiger partial charge in [-0.15, -0.1) is 11.3 Å². The maximum atomic E-state index is 5.75. The molecular weight excluding hydrogens is 270 g/mol. The molecule has 0 aliphatic rings. The highest BCUT2D eigenvalue weighted by Crippen LogP contribution is 2.24. The molecule has 0 spiro atoms. The van der Waals surface area contributed by atoms with Crippen LogP contribution in [0.4, 0.5) is 0 Å². The van der Waals surface area contributed by atoms with Crippen LogP contribution in [0, 0.1) is 0 Å². The van der Waals surface area contributed by atoms with Crippen LogP contribution in [0.15, 0.2) is 42.2 Å². The number of nitrogens with zero attached hydrogens (tertiary/aromatic N) is 4. The van der Waals surface area contributed by atoms with Gasteiger partial charge in [-0.2, -0.15) is 0 Å². The summed E-state index contributed by atoms with van der Waals surface area (Å²) in [5.74, 6) is 0.927. The highest BCUT2D eigenvalue weighted by Gasteiger charge is 2.15. The molecule has 0 saturated carbocycles. The van der Waals surface area contributed by atoms with Crippen molar-refractivity contribution in [1.29, 1.82) is 0 Å². The minimum atomic E-state index is 0.600. The summed E-state index contributed by atoms with van der Waals surface area (Å²) >= 11 is 1.63. The van der Waals surface area contributed by atoms with Crippen molar-refractivity contribution in [3.05, 3.63) is 47.9 Å². The first kappa shape index (κ1) is 11.6. The van der Waals surface area contributed by atoms with Crippen LogP contribution >= 0.6 is 11.3 Å². The zero-order chi connectivity index (χ0) is 13.5. The minimum Gasteiger partial charge on any atom is -0.330 e. The molecule has 100 valence electrons. The van der Waals surface area contributed by atoms with Gasteiger partial charge in [0.05, 0.1) is 16.7 Å². The summed E-state index contributed by atoms with van der Waals surface area (Å²) in [5.41, 5.74) is 8.92.